The SMILES string of the molecule is COc1ccc(Br)c(CC(N)C2(OC)CCCC2)c1. The van der Waals surface area contributed by atoms with Crippen LogP contribution in [0.25, 0.3) is 0 Å². The van der Waals surface area contributed by atoms with Crippen molar-refractivity contribution in [2.45, 2.75) is 43.7 Å². The molecule has 1 aromatic rings. The zero-order chi connectivity index (χ0) is 13.9. The first-order valence-corrected chi connectivity index (χ1v) is 7.54. The number of methoxy groups -OCH3 is 2. The molecule has 1 fully saturated rings. The Morgan fingerprint density at radius 3 is 2.58 bits per heavy atom. The first-order valence-electron chi connectivity index (χ1n) is 6.74. The second kappa shape index (κ2) is 6.25. The fraction of sp³-hybridized carbons (Fsp3) is 0.600. The predicted octanol–water partition coefficient (Wildman–Crippen LogP) is 3.29. The van der Waals surface area contributed by atoms with Crippen molar-refractivity contribution in [3.05, 3.63) is 28.2 Å². The van der Waals surface area contributed by atoms with Gasteiger partial charge in [-0.2, -0.15) is 0 Å². The average molecular weight is 328 g/mol. The highest BCUT2D eigenvalue weighted by Crippen LogP contribution is 2.36. The number of hydrogen-bond donors (Lipinski definition) is 1. The lowest BCUT2D eigenvalue weighted by Gasteiger charge is -2.34. The second-order valence-corrected chi connectivity index (χ2v) is 6.10. The van der Waals surface area contributed by atoms with E-state index in [0.717, 1.165) is 29.5 Å². The fourth-order valence-corrected chi connectivity index (χ4v) is 3.37. The van der Waals surface area contributed by atoms with Crippen LogP contribution in [0, 0.1) is 0 Å². The minimum absolute atomic E-state index is 0.0170. The van der Waals surface area contributed by atoms with Gasteiger partial charge in [-0.3, -0.25) is 0 Å². The molecule has 2 N–H and O–H groups in total. The summed E-state index contributed by atoms with van der Waals surface area (Å²) < 4.78 is 12.1. The Balaban J connectivity index is 2.15. The standard InChI is InChI=1S/C15H22BrNO2/c1-18-12-5-6-13(16)11(9-12)10-14(17)15(19-2)7-3-4-8-15/h5-6,9,14H,3-4,7-8,10,17H2,1-2H3. The van der Waals surface area contributed by atoms with Gasteiger partial charge in [-0.05, 0) is 43.0 Å². The van der Waals surface area contributed by atoms with Crippen LogP contribution in [0.4, 0.5) is 0 Å². The molecule has 1 atom stereocenters. The third-order valence-electron chi connectivity index (χ3n) is 4.22. The van der Waals surface area contributed by atoms with Crippen LogP contribution in [0.5, 0.6) is 5.75 Å². The van der Waals surface area contributed by atoms with Crippen molar-refractivity contribution in [3.8, 4) is 5.75 Å². The van der Waals surface area contributed by atoms with E-state index < -0.39 is 0 Å². The molecule has 0 radical (unpaired) electrons. The number of halogens is 1. The van der Waals surface area contributed by atoms with Gasteiger partial charge >= 0.3 is 0 Å². The Morgan fingerprint density at radius 1 is 1.32 bits per heavy atom. The Bertz CT molecular complexity index is 430. The number of ether oxygens (including phenoxy) is 2. The van der Waals surface area contributed by atoms with E-state index in [9.17, 15) is 0 Å². The molecular formula is C15H22BrNO2. The van der Waals surface area contributed by atoms with E-state index in [1.165, 1.54) is 18.4 Å². The van der Waals surface area contributed by atoms with Gasteiger partial charge in [0.05, 0.1) is 12.7 Å². The quantitative estimate of drug-likeness (QED) is 0.902. The molecule has 0 heterocycles. The maximum Gasteiger partial charge on any atom is 0.119 e. The summed E-state index contributed by atoms with van der Waals surface area (Å²) in [4.78, 5) is 0. The van der Waals surface area contributed by atoms with Crippen LogP contribution < -0.4 is 10.5 Å². The van der Waals surface area contributed by atoms with Gasteiger partial charge in [0.15, 0.2) is 0 Å². The van der Waals surface area contributed by atoms with Crippen molar-refractivity contribution in [1.29, 1.82) is 0 Å². The van der Waals surface area contributed by atoms with Gasteiger partial charge in [0.2, 0.25) is 0 Å². The maximum atomic E-state index is 6.43. The van der Waals surface area contributed by atoms with E-state index >= 15 is 0 Å². The molecule has 3 nitrogen and oxygen atoms in total. The number of rotatable bonds is 5. The minimum atomic E-state index is -0.150. The molecule has 0 spiro atoms. The average Bonchev–Trinajstić information content (AvgIpc) is 2.91. The van der Waals surface area contributed by atoms with Crippen LogP contribution in [0.15, 0.2) is 22.7 Å². The third-order valence-corrected chi connectivity index (χ3v) is 5.00. The largest absolute Gasteiger partial charge is 0.497 e. The molecule has 0 amide bonds. The predicted molar refractivity (Wildman–Crippen MR) is 80.6 cm³/mol. The van der Waals surface area contributed by atoms with Gasteiger partial charge in [-0.15, -0.1) is 0 Å². The van der Waals surface area contributed by atoms with Gasteiger partial charge in [0.1, 0.15) is 5.75 Å². The fourth-order valence-electron chi connectivity index (χ4n) is 2.96. The van der Waals surface area contributed by atoms with E-state index in [0.29, 0.717) is 0 Å². The molecule has 2 rings (SSSR count). The summed E-state index contributed by atoms with van der Waals surface area (Å²) in [6, 6.07) is 6.02. The zero-order valence-electron chi connectivity index (χ0n) is 11.6. The monoisotopic (exact) mass is 327 g/mol. The lowest BCUT2D eigenvalue weighted by Crippen LogP contribution is -2.48. The van der Waals surface area contributed by atoms with E-state index in [4.69, 9.17) is 15.2 Å². The summed E-state index contributed by atoms with van der Waals surface area (Å²) in [7, 11) is 3.46. The highest BCUT2D eigenvalue weighted by molar-refractivity contribution is 9.10. The van der Waals surface area contributed by atoms with Gasteiger partial charge in [0, 0.05) is 17.6 Å². The molecule has 1 aliphatic carbocycles. The van der Waals surface area contributed by atoms with Crippen molar-refractivity contribution in [1.82, 2.24) is 0 Å². The summed E-state index contributed by atoms with van der Waals surface area (Å²) in [5.74, 6) is 0.864. The first kappa shape index (κ1) is 14.8. The topological polar surface area (TPSA) is 44.5 Å². The second-order valence-electron chi connectivity index (χ2n) is 5.24. The molecule has 1 aromatic carbocycles. The molecule has 1 aliphatic rings. The van der Waals surface area contributed by atoms with Crippen molar-refractivity contribution >= 4 is 15.9 Å². The van der Waals surface area contributed by atoms with Crippen molar-refractivity contribution in [2.75, 3.05) is 14.2 Å². The van der Waals surface area contributed by atoms with Crippen molar-refractivity contribution in [3.63, 3.8) is 0 Å². The number of hydrogen-bond acceptors (Lipinski definition) is 3. The third kappa shape index (κ3) is 3.12. The highest BCUT2D eigenvalue weighted by atomic mass is 79.9. The van der Waals surface area contributed by atoms with Crippen LogP contribution in [-0.4, -0.2) is 25.9 Å². The molecular weight excluding hydrogens is 306 g/mol. The van der Waals surface area contributed by atoms with E-state index in [2.05, 4.69) is 15.9 Å². The van der Waals surface area contributed by atoms with Gasteiger partial charge < -0.3 is 15.2 Å². The molecule has 1 unspecified atom stereocenters. The molecule has 106 valence electrons. The minimum Gasteiger partial charge on any atom is -0.497 e. The normalized spacial score (nSPS) is 19.4. The summed E-state index contributed by atoms with van der Waals surface area (Å²) in [6.45, 7) is 0. The van der Waals surface area contributed by atoms with Gasteiger partial charge in [0.25, 0.3) is 0 Å². The van der Waals surface area contributed by atoms with Crippen molar-refractivity contribution in [2.24, 2.45) is 5.73 Å². The molecule has 0 saturated heterocycles. The number of benzene rings is 1. The first-order chi connectivity index (χ1) is 9.11. The molecule has 4 heteroatoms. The molecule has 0 aromatic heterocycles. The summed E-state index contributed by atoms with van der Waals surface area (Å²) in [5, 5.41) is 0. The maximum absolute atomic E-state index is 6.43. The van der Waals surface area contributed by atoms with Gasteiger partial charge in [-0.1, -0.05) is 28.8 Å². The van der Waals surface area contributed by atoms with Crippen LogP contribution in [-0.2, 0) is 11.2 Å². The van der Waals surface area contributed by atoms with Crippen molar-refractivity contribution < 1.29 is 9.47 Å². The summed E-state index contributed by atoms with van der Waals surface area (Å²) in [5.41, 5.74) is 7.46. The van der Waals surface area contributed by atoms with Crippen LogP contribution in [0.2, 0.25) is 0 Å². The van der Waals surface area contributed by atoms with Crippen LogP contribution >= 0.6 is 15.9 Å². The van der Waals surface area contributed by atoms with E-state index in [1.54, 1.807) is 14.2 Å². The van der Waals surface area contributed by atoms with Crippen LogP contribution in [0.1, 0.15) is 31.2 Å². The van der Waals surface area contributed by atoms with Gasteiger partial charge in [-0.25, -0.2) is 0 Å². The van der Waals surface area contributed by atoms with E-state index in [1.807, 2.05) is 18.2 Å². The smallest absolute Gasteiger partial charge is 0.119 e. The molecule has 1 saturated carbocycles. The lowest BCUT2D eigenvalue weighted by molar-refractivity contribution is -0.0254. The Morgan fingerprint density at radius 2 is 2.00 bits per heavy atom. The molecule has 0 aliphatic heterocycles. The summed E-state index contributed by atoms with van der Waals surface area (Å²) in [6.07, 6.45) is 5.34. The van der Waals surface area contributed by atoms with E-state index in [-0.39, 0.29) is 11.6 Å². The number of nitrogens with two attached hydrogens (primary N) is 1. The molecule has 19 heavy (non-hydrogen) atoms. The Kier molecular flexibility index (Phi) is 4.87. The Hall–Kier alpha value is -0.580. The highest BCUT2D eigenvalue weighted by Gasteiger charge is 2.39. The summed E-state index contributed by atoms with van der Waals surface area (Å²) >= 11 is 3.58. The lowest BCUT2D eigenvalue weighted by atomic mass is 9.88. The zero-order valence-corrected chi connectivity index (χ0v) is 13.2. The van der Waals surface area contributed by atoms with Crippen LogP contribution in [0.3, 0.4) is 0 Å². The Labute approximate surface area is 123 Å². The molecule has 0 bridgehead atoms.